The van der Waals surface area contributed by atoms with Crippen LogP contribution in [-0.2, 0) is 5.75 Å². The lowest BCUT2D eigenvalue weighted by Gasteiger charge is -2.04. The van der Waals surface area contributed by atoms with Crippen LogP contribution in [0, 0.1) is 0 Å². The van der Waals surface area contributed by atoms with Crippen molar-refractivity contribution in [2.24, 2.45) is 5.73 Å². The van der Waals surface area contributed by atoms with Crippen molar-refractivity contribution in [2.75, 3.05) is 11.1 Å². The molecule has 0 aliphatic carbocycles. The van der Waals surface area contributed by atoms with Gasteiger partial charge in [0, 0.05) is 11.1 Å². The summed E-state index contributed by atoms with van der Waals surface area (Å²) < 4.78 is 0.689. The normalized spacial score (nSPS) is 11.6. The number of rotatable bonds is 5. The van der Waals surface area contributed by atoms with E-state index in [0.717, 1.165) is 0 Å². The minimum absolute atomic E-state index is 0.129. The molecule has 0 saturated heterocycles. The van der Waals surface area contributed by atoms with E-state index in [1.807, 2.05) is 0 Å². The molecule has 0 atom stereocenters. The number of nitrogen functional groups attached to an aromatic ring is 1. The molecule has 9 nitrogen and oxygen atoms in total. The van der Waals surface area contributed by atoms with Gasteiger partial charge in [-0.05, 0) is 18.2 Å². The number of thioether (sulfide) groups is 1. The number of aromatic nitrogens is 4. The highest BCUT2D eigenvalue weighted by Crippen LogP contribution is 2.26. The molecule has 3 rings (SSSR count). The Morgan fingerprint density at radius 2 is 2.15 bits per heavy atom. The third kappa shape index (κ3) is 5.57. The van der Waals surface area contributed by atoms with Gasteiger partial charge in [0.05, 0.1) is 16.5 Å². The summed E-state index contributed by atoms with van der Waals surface area (Å²) in [6.45, 7) is 0. The Kier molecular flexibility index (Phi) is 6.16. The fourth-order valence-electron chi connectivity index (χ4n) is 1.95. The molecule has 0 fully saturated rings. The maximum absolute atomic E-state index is 11.9. The zero-order valence-corrected chi connectivity index (χ0v) is 16.6. The molecule has 13 heteroatoms. The Morgan fingerprint density at radius 3 is 2.85 bits per heavy atom. The van der Waals surface area contributed by atoms with E-state index in [1.165, 1.54) is 29.2 Å². The Balaban J connectivity index is 1.74. The first-order chi connectivity index (χ1) is 12.9. The number of nitrogens with zero attached hydrogens (tertiary/aromatic N) is 3. The first-order valence-electron chi connectivity index (χ1n) is 7.32. The van der Waals surface area contributed by atoms with Crippen LogP contribution < -0.4 is 27.3 Å². The second-order valence-corrected chi connectivity index (χ2v) is 8.14. The molecule has 0 bridgehead atoms. The van der Waals surface area contributed by atoms with E-state index in [-0.39, 0.29) is 17.5 Å². The summed E-state index contributed by atoms with van der Waals surface area (Å²) in [6, 6.07) is 6.32. The van der Waals surface area contributed by atoms with Crippen LogP contribution in [0.4, 0.5) is 16.8 Å². The van der Waals surface area contributed by atoms with Crippen molar-refractivity contribution in [2.45, 2.75) is 10.1 Å². The fourth-order valence-corrected chi connectivity index (χ4v) is 3.93. The van der Waals surface area contributed by atoms with Gasteiger partial charge in [-0.25, -0.2) is 9.98 Å². The molecule has 1 aromatic carbocycles. The van der Waals surface area contributed by atoms with Gasteiger partial charge >= 0.3 is 5.95 Å². The van der Waals surface area contributed by atoms with E-state index >= 15 is 0 Å². The number of aromatic amines is 1. The molecular weight excluding hydrogens is 431 g/mol. The highest BCUT2D eigenvalue weighted by Gasteiger charge is 2.10. The van der Waals surface area contributed by atoms with Gasteiger partial charge in [0.25, 0.3) is 11.5 Å². The summed E-state index contributed by atoms with van der Waals surface area (Å²) in [7, 11) is 0. The minimum atomic E-state index is -0.322. The van der Waals surface area contributed by atoms with Gasteiger partial charge in [-0.15, -0.1) is 15.2 Å². The van der Waals surface area contributed by atoms with Gasteiger partial charge in [0.1, 0.15) is 5.69 Å². The van der Waals surface area contributed by atoms with E-state index in [2.05, 4.69) is 30.5 Å². The molecule has 140 valence electrons. The van der Waals surface area contributed by atoms with Gasteiger partial charge < -0.3 is 11.5 Å². The summed E-state index contributed by atoms with van der Waals surface area (Å²) >= 11 is 14.6. The number of guanidine groups is 1. The summed E-state index contributed by atoms with van der Waals surface area (Å²) in [5.74, 6) is 0.734. The SMILES string of the molecule is NC(Nc1ccc(Cl)cc1Cl)=[NH+]c1nc(CSc2nnc(N)s2)cc(=O)[nH]1. The van der Waals surface area contributed by atoms with E-state index < -0.39 is 0 Å². The maximum atomic E-state index is 11.9. The molecule has 7 N–H and O–H groups in total. The van der Waals surface area contributed by atoms with Crippen LogP contribution in [0.3, 0.4) is 0 Å². The Hall–Kier alpha value is -2.34. The second-order valence-electron chi connectivity index (χ2n) is 5.07. The molecule has 0 saturated carbocycles. The van der Waals surface area contributed by atoms with Gasteiger partial charge in [-0.3, -0.25) is 10.1 Å². The summed E-state index contributed by atoms with van der Waals surface area (Å²) in [5, 5.41) is 11.8. The van der Waals surface area contributed by atoms with Crippen molar-refractivity contribution >= 4 is 69.0 Å². The van der Waals surface area contributed by atoms with Crippen molar-refractivity contribution < 1.29 is 4.99 Å². The van der Waals surface area contributed by atoms with Gasteiger partial charge in [0.15, 0.2) is 4.34 Å². The quantitative estimate of drug-likeness (QED) is 0.222. The predicted molar refractivity (Wildman–Crippen MR) is 109 cm³/mol. The van der Waals surface area contributed by atoms with Crippen molar-refractivity contribution in [3.63, 3.8) is 0 Å². The van der Waals surface area contributed by atoms with Gasteiger partial charge in [-0.2, -0.15) is 0 Å². The average molecular weight is 444 g/mol. The lowest BCUT2D eigenvalue weighted by Crippen LogP contribution is -2.73. The van der Waals surface area contributed by atoms with Gasteiger partial charge in [0.2, 0.25) is 5.13 Å². The monoisotopic (exact) mass is 443 g/mol. The first-order valence-corrected chi connectivity index (χ1v) is 9.88. The van der Waals surface area contributed by atoms with E-state index in [0.29, 0.717) is 36.7 Å². The zero-order chi connectivity index (χ0) is 19.4. The van der Waals surface area contributed by atoms with E-state index in [9.17, 15) is 4.79 Å². The van der Waals surface area contributed by atoms with Crippen LogP contribution in [0.5, 0.6) is 0 Å². The molecule has 0 amide bonds. The van der Waals surface area contributed by atoms with E-state index in [4.69, 9.17) is 34.7 Å². The van der Waals surface area contributed by atoms with Crippen LogP contribution in [0.15, 0.2) is 33.4 Å². The fraction of sp³-hybridized carbons (Fsp3) is 0.0714. The predicted octanol–water partition coefficient (Wildman–Crippen LogP) is 0.942. The van der Waals surface area contributed by atoms with Crippen LogP contribution in [-0.4, -0.2) is 26.1 Å². The van der Waals surface area contributed by atoms with Crippen molar-refractivity contribution in [3.8, 4) is 0 Å². The molecule has 0 unspecified atom stereocenters. The number of hydrogen-bond donors (Lipinski definition) is 5. The molecule has 0 radical (unpaired) electrons. The molecule has 2 aromatic heterocycles. The third-order valence-corrected chi connectivity index (χ3v) is 5.48. The Morgan fingerprint density at radius 1 is 1.33 bits per heavy atom. The number of anilines is 2. The lowest BCUT2D eigenvalue weighted by atomic mass is 10.3. The summed E-state index contributed by atoms with van der Waals surface area (Å²) in [5.41, 5.74) is 12.2. The summed E-state index contributed by atoms with van der Waals surface area (Å²) in [4.78, 5) is 21.5. The average Bonchev–Trinajstić information content (AvgIpc) is 3.00. The molecular formula is C14H13Cl2N8OS2+. The number of hydrogen-bond acceptors (Lipinski definition) is 7. The highest BCUT2D eigenvalue weighted by atomic mass is 35.5. The topological polar surface area (TPSA) is 150 Å². The van der Waals surface area contributed by atoms with E-state index in [1.54, 1.807) is 18.2 Å². The van der Waals surface area contributed by atoms with Crippen molar-refractivity contribution in [1.29, 1.82) is 0 Å². The van der Waals surface area contributed by atoms with Crippen LogP contribution in [0.25, 0.3) is 0 Å². The molecule has 2 heterocycles. The molecule has 0 spiro atoms. The van der Waals surface area contributed by atoms with Crippen LogP contribution >= 0.6 is 46.3 Å². The number of H-pyrrole nitrogens is 1. The third-order valence-electron chi connectivity index (χ3n) is 3.01. The first kappa shape index (κ1) is 19.4. The minimum Gasteiger partial charge on any atom is -0.374 e. The van der Waals surface area contributed by atoms with Crippen molar-refractivity contribution in [3.05, 3.63) is 50.4 Å². The standard InChI is InChI=1S/C14H12Cl2N8OS2/c15-6-1-2-9(8(16)3-6)20-11(17)22-13-19-7(4-10(25)21-13)5-26-14-24-23-12(18)27-14/h1-4H,5H2,(H2,18,23)(H4,17,19,20,21,22,25)/p+1. The molecule has 27 heavy (non-hydrogen) atoms. The number of nitrogens with one attached hydrogen (secondary N) is 3. The van der Waals surface area contributed by atoms with Crippen LogP contribution in [0.1, 0.15) is 5.69 Å². The number of halogens is 2. The summed E-state index contributed by atoms with van der Waals surface area (Å²) in [6.07, 6.45) is 0. The van der Waals surface area contributed by atoms with Crippen molar-refractivity contribution in [1.82, 2.24) is 20.2 Å². The zero-order valence-electron chi connectivity index (χ0n) is 13.5. The maximum Gasteiger partial charge on any atom is 0.325 e. The Bertz CT molecular complexity index is 1050. The van der Waals surface area contributed by atoms with Gasteiger partial charge in [-0.1, -0.05) is 46.3 Å². The number of benzene rings is 1. The second kappa shape index (κ2) is 8.57. The number of nitrogens with two attached hydrogens (primary N) is 2. The largest absolute Gasteiger partial charge is 0.374 e. The lowest BCUT2D eigenvalue weighted by molar-refractivity contribution is -0.365. The molecule has 3 aromatic rings. The smallest absolute Gasteiger partial charge is 0.325 e. The molecule has 0 aliphatic heterocycles. The molecule has 0 aliphatic rings. The van der Waals surface area contributed by atoms with Crippen LogP contribution in [0.2, 0.25) is 10.0 Å². The Labute approximate surface area is 171 Å². The highest BCUT2D eigenvalue weighted by molar-refractivity contribution is 8.00.